The maximum Gasteiger partial charge on any atom is 0.319 e. The summed E-state index contributed by atoms with van der Waals surface area (Å²) >= 11 is 13.9. The first-order valence-electron chi connectivity index (χ1n) is 10.3. The van der Waals surface area contributed by atoms with Crippen molar-refractivity contribution in [2.45, 2.75) is 75.1 Å². The van der Waals surface area contributed by atoms with Gasteiger partial charge in [-0.15, -0.1) is 10.2 Å². The summed E-state index contributed by atoms with van der Waals surface area (Å²) in [5, 5.41) is 10.4. The van der Waals surface area contributed by atoms with E-state index in [0.717, 1.165) is 37.2 Å². The number of benzene rings is 1. The average molecular weight is 456 g/mol. The van der Waals surface area contributed by atoms with Crippen LogP contribution in [0.25, 0.3) is 5.69 Å². The first-order valence-corrected chi connectivity index (χ1v) is 11.9. The Bertz CT molecular complexity index is 837. The highest BCUT2D eigenvalue weighted by molar-refractivity contribution is 8.00. The Morgan fingerprint density at radius 1 is 1.21 bits per heavy atom. The molecule has 0 radical (unpaired) electrons. The monoisotopic (exact) mass is 455 g/mol. The first-order chi connectivity index (χ1) is 14.0. The van der Waals surface area contributed by atoms with Gasteiger partial charge in [0.2, 0.25) is 0 Å². The Morgan fingerprint density at radius 3 is 2.62 bits per heavy atom. The van der Waals surface area contributed by atoms with E-state index < -0.39 is 0 Å². The molecule has 0 spiro atoms. The van der Waals surface area contributed by atoms with E-state index in [1.165, 1.54) is 31.0 Å². The fourth-order valence-electron chi connectivity index (χ4n) is 3.70. The van der Waals surface area contributed by atoms with Crippen LogP contribution >= 0.6 is 35.0 Å². The Labute approximate surface area is 186 Å². The average Bonchev–Trinajstić information content (AvgIpc) is 3.14. The molecule has 0 N–H and O–H groups in total. The van der Waals surface area contributed by atoms with Crippen LogP contribution < -0.4 is 0 Å². The minimum atomic E-state index is -0.315. The van der Waals surface area contributed by atoms with Gasteiger partial charge in [0.25, 0.3) is 0 Å². The second-order valence-electron chi connectivity index (χ2n) is 7.26. The van der Waals surface area contributed by atoms with Crippen molar-refractivity contribution in [2.24, 2.45) is 0 Å². The number of thioether (sulfide) groups is 1. The molecule has 0 saturated heterocycles. The molecule has 0 amide bonds. The maximum absolute atomic E-state index is 12.5. The largest absolute Gasteiger partial charge is 0.465 e. The van der Waals surface area contributed by atoms with Crippen LogP contribution in [0.1, 0.15) is 70.5 Å². The SMILES string of the molecule is CCC[C@H](Sc1nnc(C2CCCCC2)n1-c1ccc(Cl)c(Cl)c1)C(=O)OCC. The zero-order chi connectivity index (χ0) is 20.8. The topological polar surface area (TPSA) is 57.0 Å². The van der Waals surface area contributed by atoms with Crippen molar-refractivity contribution in [1.82, 2.24) is 14.8 Å². The van der Waals surface area contributed by atoms with Crippen LogP contribution in [0, 0.1) is 0 Å². The van der Waals surface area contributed by atoms with Crippen molar-refractivity contribution >= 4 is 40.9 Å². The van der Waals surface area contributed by atoms with Gasteiger partial charge in [0.05, 0.1) is 22.3 Å². The molecule has 1 aliphatic rings. The minimum Gasteiger partial charge on any atom is -0.465 e. The molecule has 29 heavy (non-hydrogen) atoms. The summed E-state index contributed by atoms with van der Waals surface area (Å²) in [6.07, 6.45) is 7.45. The highest BCUT2D eigenvalue weighted by atomic mass is 35.5. The van der Waals surface area contributed by atoms with Crippen molar-refractivity contribution in [3.05, 3.63) is 34.1 Å². The van der Waals surface area contributed by atoms with Crippen LogP contribution in [0.3, 0.4) is 0 Å². The second kappa shape index (κ2) is 10.7. The molecule has 1 atom stereocenters. The number of carbonyl (C=O) groups excluding carboxylic acids is 1. The molecule has 1 fully saturated rings. The van der Waals surface area contributed by atoms with Crippen LogP contribution in [0.4, 0.5) is 0 Å². The molecule has 5 nitrogen and oxygen atoms in total. The molecular formula is C21H27Cl2N3O2S. The standard InChI is InChI=1S/C21H27Cl2N3O2S/c1-3-8-18(20(27)28-4-2)29-21-25-24-19(14-9-6-5-7-10-14)26(21)15-11-12-16(22)17(23)13-15/h11-14,18H,3-10H2,1-2H3/t18-/m0/s1. The van der Waals surface area contributed by atoms with Gasteiger partial charge < -0.3 is 4.74 Å². The van der Waals surface area contributed by atoms with E-state index in [4.69, 9.17) is 27.9 Å². The van der Waals surface area contributed by atoms with Gasteiger partial charge in [-0.05, 0) is 44.4 Å². The van der Waals surface area contributed by atoms with E-state index in [2.05, 4.69) is 17.1 Å². The molecular weight excluding hydrogens is 429 g/mol. The lowest BCUT2D eigenvalue weighted by Gasteiger charge is -2.22. The molecule has 1 saturated carbocycles. The molecule has 1 aromatic carbocycles. The Balaban J connectivity index is 2.00. The summed E-state index contributed by atoms with van der Waals surface area (Å²) in [6, 6.07) is 5.54. The summed E-state index contributed by atoms with van der Waals surface area (Å²) in [6.45, 7) is 4.25. The van der Waals surface area contributed by atoms with E-state index in [1.54, 1.807) is 6.07 Å². The zero-order valence-electron chi connectivity index (χ0n) is 16.9. The number of esters is 1. The van der Waals surface area contributed by atoms with Crippen molar-refractivity contribution in [2.75, 3.05) is 6.61 Å². The molecule has 1 aliphatic carbocycles. The van der Waals surface area contributed by atoms with E-state index in [-0.39, 0.29) is 11.2 Å². The number of hydrogen-bond donors (Lipinski definition) is 0. The third-order valence-electron chi connectivity index (χ3n) is 5.14. The Morgan fingerprint density at radius 2 is 1.97 bits per heavy atom. The lowest BCUT2D eigenvalue weighted by molar-refractivity contribution is -0.142. The van der Waals surface area contributed by atoms with Gasteiger partial charge in [-0.2, -0.15) is 0 Å². The number of aromatic nitrogens is 3. The molecule has 8 heteroatoms. The van der Waals surface area contributed by atoms with E-state index >= 15 is 0 Å². The lowest BCUT2D eigenvalue weighted by atomic mass is 9.88. The third kappa shape index (κ3) is 5.47. The summed E-state index contributed by atoms with van der Waals surface area (Å²) in [5.74, 6) is 1.08. The molecule has 0 aliphatic heterocycles. The van der Waals surface area contributed by atoms with E-state index in [1.807, 2.05) is 23.6 Å². The van der Waals surface area contributed by atoms with Crippen LogP contribution in [0.2, 0.25) is 10.0 Å². The van der Waals surface area contributed by atoms with Gasteiger partial charge in [0.15, 0.2) is 5.16 Å². The van der Waals surface area contributed by atoms with Crippen LogP contribution in [-0.4, -0.2) is 32.6 Å². The maximum atomic E-state index is 12.5. The van der Waals surface area contributed by atoms with E-state index in [9.17, 15) is 4.79 Å². The number of carbonyl (C=O) groups is 1. The molecule has 1 aromatic heterocycles. The van der Waals surface area contributed by atoms with E-state index in [0.29, 0.717) is 27.7 Å². The number of halogens is 2. The number of nitrogens with zero attached hydrogens (tertiary/aromatic N) is 3. The van der Waals surface area contributed by atoms with Crippen LogP contribution in [0.15, 0.2) is 23.4 Å². The Kier molecular flexibility index (Phi) is 8.27. The van der Waals surface area contributed by atoms with Crippen molar-refractivity contribution in [3.63, 3.8) is 0 Å². The lowest BCUT2D eigenvalue weighted by Crippen LogP contribution is -2.21. The number of rotatable bonds is 8. The second-order valence-corrected chi connectivity index (χ2v) is 9.24. The zero-order valence-corrected chi connectivity index (χ0v) is 19.2. The molecule has 158 valence electrons. The number of hydrogen-bond acceptors (Lipinski definition) is 5. The smallest absolute Gasteiger partial charge is 0.319 e. The van der Waals surface area contributed by atoms with Crippen LogP contribution in [0.5, 0.6) is 0 Å². The predicted octanol–water partition coefficient (Wildman–Crippen LogP) is 6.45. The summed E-state index contributed by atoms with van der Waals surface area (Å²) in [5.41, 5.74) is 0.867. The fraction of sp³-hybridized carbons (Fsp3) is 0.571. The highest BCUT2D eigenvalue weighted by Gasteiger charge is 2.28. The molecule has 3 rings (SSSR count). The first kappa shape index (κ1) is 22.4. The normalized spacial score (nSPS) is 16.0. The van der Waals surface area contributed by atoms with Gasteiger partial charge in [-0.1, -0.05) is 67.6 Å². The highest BCUT2D eigenvalue weighted by Crippen LogP contribution is 2.37. The molecule has 1 heterocycles. The van der Waals surface area contributed by atoms with Crippen LogP contribution in [-0.2, 0) is 9.53 Å². The molecule has 0 bridgehead atoms. The summed E-state index contributed by atoms with van der Waals surface area (Å²) in [7, 11) is 0. The number of ether oxygens (including phenoxy) is 1. The van der Waals surface area contributed by atoms with Crippen molar-refractivity contribution in [1.29, 1.82) is 0 Å². The summed E-state index contributed by atoms with van der Waals surface area (Å²) in [4.78, 5) is 12.5. The molecule has 0 unspecified atom stereocenters. The predicted molar refractivity (Wildman–Crippen MR) is 118 cm³/mol. The van der Waals surface area contributed by atoms with Gasteiger partial charge in [0, 0.05) is 5.92 Å². The van der Waals surface area contributed by atoms with Gasteiger partial charge in [0.1, 0.15) is 11.1 Å². The molecule has 2 aromatic rings. The minimum absolute atomic E-state index is 0.206. The third-order valence-corrected chi connectivity index (χ3v) is 7.06. The quantitative estimate of drug-likeness (QED) is 0.338. The van der Waals surface area contributed by atoms with Crippen molar-refractivity contribution in [3.8, 4) is 5.69 Å². The van der Waals surface area contributed by atoms with Gasteiger partial charge >= 0.3 is 5.97 Å². The van der Waals surface area contributed by atoms with Gasteiger partial charge in [-0.3, -0.25) is 9.36 Å². The van der Waals surface area contributed by atoms with Gasteiger partial charge in [-0.25, -0.2) is 0 Å². The Hall–Kier alpha value is -1.24. The van der Waals surface area contributed by atoms with Crippen molar-refractivity contribution < 1.29 is 9.53 Å². The summed E-state index contributed by atoms with van der Waals surface area (Å²) < 4.78 is 7.32. The fourth-order valence-corrected chi connectivity index (χ4v) is 5.16.